The van der Waals surface area contributed by atoms with Crippen molar-refractivity contribution in [2.75, 3.05) is 9.86 Å². The smallest absolute Gasteiger partial charge is 0.399 e. The monoisotopic (exact) mass is 1630 g/mol. The molecule has 0 aliphatic carbocycles. The van der Waals surface area contributed by atoms with Gasteiger partial charge in [0.25, 0.3) is 0 Å². The number of aromatic nitrogens is 8. The Morgan fingerprint density at radius 1 is 0.304 bits per heavy atom. The molecule has 5 heterocycles. The molecule has 1 aliphatic heterocycles. The minimum absolute atomic E-state index is 0.282. The highest BCUT2D eigenvalue weighted by atomic mass is 127. The second-order valence-corrected chi connectivity index (χ2v) is 25.8. The fraction of sp³-hybridized carbons (Fsp3) is 0.0930. The molecule has 0 saturated carbocycles. The van der Waals surface area contributed by atoms with Gasteiger partial charge in [0.2, 0.25) is 0 Å². The summed E-state index contributed by atoms with van der Waals surface area (Å²) in [7, 11) is -0.582. The predicted octanol–water partition coefficient (Wildman–Crippen LogP) is 22.7. The average Bonchev–Trinajstić information content (AvgIpc) is 1.60. The van der Waals surface area contributed by atoms with E-state index in [0.29, 0.717) is 51.8 Å². The summed E-state index contributed by atoms with van der Waals surface area (Å²) < 4.78 is 48.4. The molecular formula is C86H68BBrF2I2N8O2. The number of halogens is 5. The molecule has 0 N–H and O–H groups in total. The first kappa shape index (κ1) is 70.5. The molecule has 502 valence electrons. The number of alkyl halides is 2. The van der Waals surface area contributed by atoms with Crippen LogP contribution in [0, 0.1) is 11.6 Å². The highest BCUT2D eigenvalue weighted by Gasteiger charge is 2.52. The van der Waals surface area contributed by atoms with Crippen LogP contribution in [0.2, 0.25) is 0 Å². The lowest BCUT2D eigenvalue weighted by Gasteiger charge is -2.32. The van der Waals surface area contributed by atoms with Gasteiger partial charge in [-0.3, -0.25) is 0 Å². The Morgan fingerprint density at radius 2 is 0.559 bits per heavy atom. The number of rotatable bonds is 10. The van der Waals surface area contributed by atoms with E-state index in [1.165, 1.54) is 6.07 Å². The van der Waals surface area contributed by atoms with Crippen molar-refractivity contribution in [3.8, 4) is 90.8 Å². The first-order chi connectivity index (χ1) is 49.8. The zero-order valence-corrected chi connectivity index (χ0v) is 62.6. The summed E-state index contributed by atoms with van der Waals surface area (Å²) in [4.78, 5) is 32.4. The van der Waals surface area contributed by atoms with Crippen molar-refractivity contribution in [2.24, 2.45) is 0 Å². The molecule has 16 heteroatoms. The van der Waals surface area contributed by atoms with Crippen LogP contribution in [0.25, 0.3) is 134 Å². The van der Waals surface area contributed by atoms with E-state index >= 15 is 8.78 Å². The van der Waals surface area contributed by atoms with Crippen LogP contribution in [0.5, 0.6) is 0 Å². The highest BCUT2D eigenvalue weighted by Crippen LogP contribution is 2.39. The Kier molecular flexibility index (Phi) is 21.8. The summed E-state index contributed by atoms with van der Waals surface area (Å²) in [6, 6.07) is 98.8. The van der Waals surface area contributed by atoms with Crippen molar-refractivity contribution < 1.29 is 18.1 Å². The topological polar surface area (TPSA) is 106 Å². The van der Waals surface area contributed by atoms with Gasteiger partial charge in [-0.15, -0.1) is 0 Å². The van der Waals surface area contributed by atoms with Gasteiger partial charge in [-0.1, -0.05) is 304 Å². The summed E-state index contributed by atoms with van der Waals surface area (Å²) in [5, 5.41) is 4.42. The van der Waals surface area contributed by atoms with Crippen molar-refractivity contribution >= 4 is 117 Å². The van der Waals surface area contributed by atoms with Crippen LogP contribution in [-0.4, -0.2) is 67.2 Å². The molecule has 0 unspecified atom stereocenters. The summed E-state index contributed by atoms with van der Waals surface area (Å²) in [5.41, 5.74) is 12.0. The number of fused-ring (bicyclic) bond motifs is 6. The molecule has 16 aromatic rings. The van der Waals surface area contributed by atoms with Crippen molar-refractivity contribution in [2.45, 2.75) is 38.9 Å². The molecule has 0 atom stereocenters. The fourth-order valence-corrected chi connectivity index (χ4v) is 12.6. The van der Waals surface area contributed by atoms with Crippen LogP contribution in [-0.2, 0) is 9.31 Å². The quantitative estimate of drug-likeness (QED) is 0.0757. The molecule has 4 aromatic heterocycles. The van der Waals surface area contributed by atoms with E-state index in [0.717, 1.165) is 92.6 Å². The molecule has 102 heavy (non-hydrogen) atoms. The van der Waals surface area contributed by atoms with Gasteiger partial charge in [-0.05, 0) is 115 Å². The Balaban J connectivity index is 0.000000140. The molecule has 17 rings (SSSR count). The van der Waals surface area contributed by atoms with Gasteiger partial charge in [-0.25, -0.2) is 38.7 Å². The lowest BCUT2D eigenvalue weighted by Crippen LogP contribution is -2.41. The van der Waals surface area contributed by atoms with Crippen LogP contribution in [0.15, 0.2) is 308 Å². The molecule has 0 bridgehead atoms. The van der Waals surface area contributed by atoms with Crippen molar-refractivity contribution in [3.05, 3.63) is 319 Å². The van der Waals surface area contributed by atoms with E-state index in [1.54, 1.807) is 6.07 Å². The van der Waals surface area contributed by atoms with Crippen LogP contribution in [0.1, 0.15) is 27.7 Å². The third-order valence-electron chi connectivity index (χ3n) is 18.1. The number of benzene rings is 12. The predicted molar refractivity (Wildman–Crippen MR) is 436 cm³/mol. The van der Waals surface area contributed by atoms with Crippen molar-refractivity contribution in [1.29, 1.82) is 0 Å². The summed E-state index contributed by atoms with van der Waals surface area (Å²) in [5.74, 6) is 3.24. The van der Waals surface area contributed by atoms with E-state index in [4.69, 9.17) is 34.2 Å². The van der Waals surface area contributed by atoms with E-state index in [9.17, 15) is 0 Å². The van der Waals surface area contributed by atoms with Gasteiger partial charge >= 0.3 is 7.12 Å². The molecular weight excluding hydrogens is 1560 g/mol. The molecule has 12 aromatic carbocycles. The first-order valence-corrected chi connectivity index (χ1v) is 38.2. The SMILES string of the molecule is Brc1ccc(-c2nc(-c3ccccc3)nc(-c3ccccc3)n2)cc1.CC1(C)OB(c2ccc(-n3c4ccccc4c4ccccc43)c(F)c2)OC1(C)C.CI.CI.Fc1cc(-c2ccc(-c3nc(-c4ccccc4)nc(-c4ccccc4)n3)cc2)ccc1-n1c2ccccc2c2ccccc21. The number of hydrogen-bond donors (Lipinski definition) is 0. The van der Waals surface area contributed by atoms with E-state index in [2.05, 4.69) is 90.4 Å². The second kappa shape index (κ2) is 31.5. The lowest BCUT2D eigenvalue weighted by molar-refractivity contribution is 0.00578. The van der Waals surface area contributed by atoms with Crippen molar-refractivity contribution in [3.63, 3.8) is 0 Å². The minimum atomic E-state index is -0.582. The Labute approximate surface area is 628 Å². The van der Waals surface area contributed by atoms with Crippen molar-refractivity contribution in [1.82, 2.24) is 39.0 Å². The van der Waals surface area contributed by atoms with E-state index in [1.807, 2.05) is 314 Å². The van der Waals surface area contributed by atoms with Crippen LogP contribution < -0.4 is 5.46 Å². The molecule has 1 saturated heterocycles. The minimum Gasteiger partial charge on any atom is -0.399 e. The first-order valence-electron chi connectivity index (χ1n) is 33.1. The summed E-state index contributed by atoms with van der Waals surface area (Å²) in [6.07, 6.45) is 0. The molecule has 1 aliphatic rings. The number of nitrogens with zero attached hydrogens (tertiary/aromatic N) is 8. The Bertz CT molecular complexity index is 5340. The van der Waals surface area contributed by atoms with Gasteiger partial charge in [-0.2, -0.15) is 0 Å². The maximum atomic E-state index is 15.9. The lowest BCUT2D eigenvalue weighted by atomic mass is 9.79. The maximum Gasteiger partial charge on any atom is 0.494 e. The Hall–Kier alpha value is -9.96. The maximum absolute atomic E-state index is 15.9. The molecule has 0 amide bonds. The van der Waals surface area contributed by atoms with E-state index < -0.39 is 18.3 Å². The Morgan fingerprint density at radius 3 is 0.873 bits per heavy atom. The standard InChI is InChI=1S/C39H25FN4.C24H23BFNO2.C21H14BrN3.2CH3I/c40-33-25-30(23-24-36(33)44-34-17-9-7-15-31(34)32-16-8-10-18-35(32)44)26-19-21-29(22-20-26)39-42-37(27-11-3-1-4-12-27)41-38(43-39)28-13-5-2-6-14-28;1-23(2)24(3,4)29-25(28-23)16-13-14-22(19(26)15-16)27-20-11-7-5-9-17(20)18-10-6-8-12-21(18)27;22-18-13-11-17(12-14-18)21-24-19(15-7-3-1-4-8-15)23-20(25-21)16-9-5-2-6-10-16;2*1-2/h1-25H;5-15H,1-4H3;1-14H;2*1H3. The zero-order chi connectivity index (χ0) is 70.9. The normalized spacial score (nSPS) is 12.7. The molecule has 0 radical (unpaired) electrons. The van der Waals surface area contributed by atoms with E-state index in [-0.39, 0.29) is 11.6 Å². The van der Waals surface area contributed by atoms with Gasteiger partial charge in [0, 0.05) is 59.4 Å². The largest absolute Gasteiger partial charge is 0.494 e. The number of hydrogen-bond acceptors (Lipinski definition) is 8. The third-order valence-corrected chi connectivity index (χ3v) is 18.6. The molecule has 10 nitrogen and oxygen atoms in total. The number of para-hydroxylation sites is 4. The second-order valence-electron chi connectivity index (χ2n) is 24.9. The highest BCUT2D eigenvalue weighted by molar-refractivity contribution is 14.1. The van der Waals surface area contributed by atoms with Crippen LogP contribution >= 0.6 is 61.1 Å². The summed E-state index contributed by atoms with van der Waals surface area (Å²) in [6.45, 7) is 7.98. The van der Waals surface area contributed by atoms with Gasteiger partial charge in [0.1, 0.15) is 11.6 Å². The van der Waals surface area contributed by atoms with Gasteiger partial charge < -0.3 is 18.4 Å². The van der Waals surface area contributed by atoms with Gasteiger partial charge in [0.05, 0.1) is 44.6 Å². The molecule has 0 spiro atoms. The third kappa shape index (κ3) is 14.9. The van der Waals surface area contributed by atoms with Crippen LogP contribution in [0.3, 0.4) is 0 Å². The summed E-state index contributed by atoms with van der Waals surface area (Å²) >= 11 is 7.77. The van der Waals surface area contributed by atoms with Crippen LogP contribution in [0.4, 0.5) is 8.78 Å². The van der Waals surface area contributed by atoms with Gasteiger partial charge in [0.15, 0.2) is 34.9 Å². The molecule has 1 fully saturated rings. The average molecular weight is 1630 g/mol. The fourth-order valence-electron chi connectivity index (χ4n) is 12.3. The zero-order valence-electron chi connectivity index (χ0n) is 56.7.